The van der Waals surface area contributed by atoms with E-state index in [0.717, 1.165) is 60.6 Å². The van der Waals surface area contributed by atoms with E-state index in [2.05, 4.69) is 133 Å². The van der Waals surface area contributed by atoms with Crippen LogP contribution in [0.4, 0.5) is 0 Å². The molecule has 0 fully saturated rings. The molecule has 2 heteroatoms. The van der Waals surface area contributed by atoms with E-state index in [0.29, 0.717) is 0 Å². The van der Waals surface area contributed by atoms with Crippen LogP contribution in [-0.4, -0.2) is 0 Å². The number of fused-ring (bicyclic) bond motifs is 7. The lowest BCUT2D eigenvalue weighted by Gasteiger charge is -2.12. The van der Waals surface area contributed by atoms with Gasteiger partial charge in [0.05, 0.1) is 0 Å². The van der Waals surface area contributed by atoms with Gasteiger partial charge >= 0.3 is 0 Å². The van der Waals surface area contributed by atoms with Crippen molar-refractivity contribution in [2.75, 3.05) is 0 Å². The van der Waals surface area contributed by atoms with Crippen LogP contribution < -0.4 is 0 Å². The fourth-order valence-corrected chi connectivity index (χ4v) is 6.59. The molecule has 0 N–H and O–H groups in total. The molecule has 0 saturated heterocycles. The van der Waals surface area contributed by atoms with Crippen LogP contribution in [0.3, 0.4) is 0 Å². The molecule has 0 atom stereocenters. The van der Waals surface area contributed by atoms with E-state index >= 15 is 0 Å². The standard InChI is InChI=1S/C42H26O2/c1-3-11-27(12-4-1)31-24-32(28-13-5-2-6-14-28)26-33(25-31)29-15-9-16-30(23-29)34-18-10-19-36-41-39(44-42(34)36)22-21-38-40(41)35-17-7-8-20-37(35)43-38/h1-26H. The van der Waals surface area contributed by atoms with Gasteiger partial charge in [-0.05, 0) is 81.4 Å². The molecule has 0 spiro atoms. The fraction of sp³-hybridized carbons (Fsp3) is 0. The predicted octanol–water partition coefficient (Wildman–Crippen LogP) is 12.2. The Morgan fingerprint density at radius 1 is 0.295 bits per heavy atom. The summed E-state index contributed by atoms with van der Waals surface area (Å²) in [5.41, 5.74) is 12.8. The van der Waals surface area contributed by atoms with Gasteiger partial charge in [0.25, 0.3) is 0 Å². The first-order valence-corrected chi connectivity index (χ1v) is 14.9. The summed E-state index contributed by atoms with van der Waals surface area (Å²) in [6, 6.07) is 55.6. The Morgan fingerprint density at radius 3 is 1.52 bits per heavy atom. The lowest BCUT2D eigenvalue weighted by Crippen LogP contribution is -1.87. The molecule has 9 aromatic rings. The van der Waals surface area contributed by atoms with Crippen LogP contribution in [0.2, 0.25) is 0 Å². The third kappa shape index (κ3) is 3.96. The zero-order valence-corrected chi connectivity index (χ0v) is 23.8. The van der Waals surface area contributed by atoms with Crippen molar-refractivity contribution in [3.8, 4) is 44.5 Å². The monoisotopic (exact) mass is 562 g/mol. The zero-order chi connectivity index (χ0) is 29.0. The Morgan fingerprint density at radius 2 is 0.795 bits per heavy atom. The molecule has 9 rings (SSSR count). The van der Waals surface area contributed by atoms with Crippen molar-refractivity contribution in [2.24, 2.45) is 0 Å². The second kappa shape index (κ2) is 9.86. The van der Waals surface area contributed by atoms with Gasteiger partial charge in [0.15, 0.2) is 0 Å². The number of furan rings is 2. The largest absolute Gasteiger partial charge is 0.456 e. The average molecular weight is 563 g/mol. The van der Waals surface area contributed by atoms with Crippen molar-refractivity contribution in [3.05, 3.63) is 158 Å². The topological polar surface area (TPSA) is 26.3 Å². The molecule has 7 aromatic carbocycles. The number of benzene rings is 7. The summed E-state index contributed by atoms with van der Waals surface area (Å²) in [6.45, 7) is 0. The second-order valence-electron chi connectivity index (χ2n) is 11.3. The Hall–Kier alpha value is -5.86. The Bertz CT molecular complexity index is 2420. The lowest BCUT2D eigenvalue weighted by atomic mass is 9.92. The molecule has 2 aromatic heterocycles. The van der Waals surface area contributed by atoms with Crippen LogP contribution in [0.15, 0.2) is 167 Å². The van der Waals surface area contributed by atoms with Gasteiger partial charge in [-0.15, -0.1) is 0 Å². The SMILES string of the molecule is c1ccc(-c2cc(-c3ccccc3)cc(-c3cccc(-c4cccc5c4oc4ccc6oc7ccccc7c6c45)c3)c2)cc1. The summed E-state index contributed by atoms with van der Waals surface area (Å²) in [5.74, 6) is 0. The van der Waals surface area contributed by atoms with Gasteiger partial charge in [0.1, 0.15) is 22.3 Å². The molecule has 0 aliphatic heterocycles. The second-order valence-corrected chi connectivity index (χ2v) is 11.3. The Labute approximate surface area is 254 Å². The van der Waals surface area contributed by atoms with Gasteiger partial charge in [-0.2, -0.15) is 0 Å². The first-order chi connectivity index (χ1) is 21.8. The molecular weight excluding hydrogens is 536 g/mol. The van der Waals surface area contributed by atoms with Crippen molar-refractivity contribution >= 4 is 43.9 Å². The molecule has 0 saturated carbocycles. The highest BCUT2D eigenvalue weighted by Crippen LogP contribution is 2.43. The molecule has 2 heterocycles. The van der Waals surface area contributed by atoms with Gasteiger partial charge in [-0.25, -0.2) is 0 Å². The Kier molecular flexibility index (Phi) is 5.54. The lowest BCUT2D eigenvalue weighted by molar-refractivity contribution is 0.663. The molecule has 44 heavy (non-hydrogen) atoms. The molecule has 0 aliphatic carbocycles. The summed E-state index contributed by atoms with van der Waals surface area (Å²) in [6.07, 6.45) is 0. The maximum Gasteiger partial charge on any atom is 0.143 e. The van der Waals surface area contributed by atoms with Crippen molar-refractivity contribution in [2.45, 2.75) is 0 Å². The van der Waals surface area contributed by atoms with Crippen LogP contribution in [-0.2, 0) is 0 Å². The van der Waals surface area contributed by atoms with E-state index < -0.39 is 0 Å². The normalized spacial score (nSPS) is 11.6. The highest BCUT2D eigenvalue weighted by atomic mass is 16.3. The zero-order valence-electron chi connectivity index (χ0n) is 23.8. The molecule has 2 nitrogen and oxygen atoms in total. The van der Waals surface area contributed by atoms with Crippen LogP contribution in [0.1, 0.15) is 0 Å². The number of para-hydroxylation sites is 2. The van der Waals surface area contributed by atoms with Gasteiger partial charge in [-0.3, -0.25) is 0 Å². The van der Waals surface area contributed by atoms with Crippen LogP contribution >= 0.6 is 0 Å². The highest BCUT2D eigenvalue weighted by Gasteiger charge is 2.18. The summed E-state index contributed by atoms with van der Waals surface area (Å²) < 4.78 is 12.8. The molecule has 0 radical (unpaired) electrons. The number of hydrogen-bond acceptors (Lipinski definition) is 2. The summed E-state index contributed by atoms with van der Waals surface area (Å²) in [4.78, 5) is 0. The molecule has 0 amide bonds. The molecule has 0 aliphatic rings. The first kappa shape index (κ1) is 24.7. The van der Waals surface area contributed by atoms with Gasteiger partial charge < -0.3 is 8.83 Å². The van der Waals surface area contributed by atoms with E-state index in [9.17, 15) is 0 Å². The molecule has 206 valence electrons. The van der Waals surface area contributed by atoms with Crippen molar-refractivity contribution in [1.29, 1.82) is 0 Å². The van der Waals surface area contributed by atoms with Gasteiger partial charge in [0, 0.05) is 27.1 Å². The third-order valence-electron chi connectivity index (χ3n) is 8.66. The average Bonchev–Trinajstić information content (AvgIpc) is 3.67. The van der Waals surface area contributed by atoms with Gasteiger partial charge in [0.2, 0.25) is 0 Å². The smallest absolute Gasteiger partial charge is 0.143 e. The van der Waals surface area contributed by atoms with Crippen LogP contribution in [0.25, 0.3) is 88.4 Å². The van der Waals surface area contributed by atoms with E-state index in [1.165, 1.54) is 27.8 Å². The minimum atomic E-state index is 0.866. The number of hydrogen-bond donors (Lipinski definition) is 0. The highest BCUT2D eigenvalue weighted by molar-refractivity contribution is 6.26. The van der Waals surface area contributed by atoms with E-state index in [4.69, 9.17) is 8.83 Å². The summed E-state index contributed by atoms with van der Waals surface area (Å²) in [7, 11) is 0. The molecular formula is C42H26O2. The first-order valence-electron chi connectivity index (χ1n) is 14.9. The fourth-order valence-electron chi connectivity index (χ4n) is 6.59. The Balaban J connectivity index is 1.23. The van der Waals surface area contributed by atoms with Crippen LogP contribution in [0, 0.1) is 0 Å². The maximum atomic E-state index is 6.62. The third-order valence-corrected chi connectivity index (χ3v) is 8.66. The molecule has 0 bridgehead atoms. The van der Waals surface area contributed by atoms with Crippen molar-refractivity contribution < 1.29 is 8.83 Å². The minimum Gasteiger partial charge on any atom is -0.456 e. The number of rotatable bonds is 4. The van der Waals surface area contributed by atoms with E-state index in [-0.39, 0.29) is 0 Å². The maximum absolute atomic E-state index is 6.62. The quantitative estimate of drug-likeness (QED) is 0.213. The van der Waals surface area contributed by atoms with Gasteiger partial charge in [-0.1, -0.05) is 115 Å². The molecule has 0 unspecified atom stereocenters. The minimum absolute atomic E-state index is 0.866. The van der Waals surface area contributed by atoms with Crippen LogP contribution in [0.5, 0.6) is 0 Å². The van der Waals surface area contributed by atoms with Crippen molar-refractivity contribution in [3.63, 3.8) is 0 Å². The summed E-state index contributed by atoms with van der Waals surface area (Å²) >= 11 is 0. The van der Waals surface area contributed by atoms with E-state index in [1.807, 2.05) is 24.3 Å². The predicted molar refractivity (Wildman–Crippen MR) is 183 cm³/mol. The van der Waals surface area contributed by atoms with E-state index in [1.54, 1.807) is 0 Å². The summed E-state index contributed by atoms with van der Waals surface area (Å²) in [5, 5.41) is 4.41. The van der Waals surface area contributed by atoms with Crippen molar-refractivity contribution in [1.82, 2.24) is 0 Å².